The van der Waals surface area contributed by atoms with Crippen LogP contribution in [0.25, 0.3) is 11.5 Å². The van der Waals surface area contributed by atoms with E-state index in [1.807, 2.05) is 24.7 Å². The second-order valence-electron chi connectivity index (χ2n) is 5.07. The van der Waals surface area contributed by atoms with E-state index in [0.29, 0.717) is 17.2 Å². The van der Waals surface area contributed by atoms with Crippen LogP contribution in [0.15, 0.2) is 22.7 Å². The molecular weight excluding hydrogens is 284 g/mol. The normalized spacial score (nSPS) is 11.2. The third-order valence-corrected chi connectivity index (χ3v) is 3.33. The van der Waals surface area contributed by atoms with Crippen LogP contribution in [0.1, 0.15) is 23.8 Å². The molecule has 3 heterocycles. The van der Waals surface area contributed by atoms with E-state index in [0.717, 1.165) is 31.2 Å². The highest BCUT2D eigenvalue weighted by molar-refractivity contribution is 5.50. The van der Waals surface area contributed by atoms with Gasteiger partial charge < -0.3 is 9.52 Å². The molecule has 0 spiro atoms. The van der Waals surface area contributed by atoms with Gasteiger partial charge in [0, 0.05) is 13.1 Å². The Morgan fingerprint density at radius 3 is 2.77 bits per heavy atom. The fraction of sp³-hybridized carbons (Fsp3) is 0.429. The Labute approximate surface area is 127 Å². The van der Waals surface area contributed by atoms with Crippen LogP contribution < -0.4 is 0 Å². The molecule has 0 aliphatic carbocycles. The van der Waals surface area contributed by atoms with Crippen LogP contribution >= 0.6 is 0 Å². The third kappa shape index (κ3) is 3.06. The Kier molecular flexibility index (Phi) is 4.01. The van der Waals surface area contributed by atoms with E-state index >= 15 is 0 Å². The van der Waals surface area contributed by atoms with Gasteiger partial charge in [-0.15, -0.1) is 5.10 Å². The van der Waals surface area contributed by atoms with Crippen LogP contribution in [0.5, 0.6) is 0 Å². The van der Waals surface area contributed by atoms with Gasteiger partial charge in [0.2, 0.25) is 0 Å². The Balaban J connectivity index is 1.59. The highest BCUT2D eigenvalue weighted by Gasteiger charge is 2.09. The van der Waals surface area contributed by atoms with Crippen molar-refractivity contribution < 1.29 is 9.52 Å². The molecule has 0 atom stereocenters. The van der Waals surface area contributed by atoms with E-state index in [9.17, 15) is 0 Å². The molecule has 0 unspecified atom stereocenters. The van der Waals surface area contributed by atoms with Crippen LogP contribution in [0.3, 0.4) is 0 Å². The first-order chi connectivity index (χ1) is 10.7. The van der Waals surface area contributed by atoms with Gasteiger partial charge in [-0.25, -0.2) is 4.98 Å². The Morgan fingerprint density at radius 2 is 2.09 bits per heavy atom. The molecule has 0 saturated carbocycles. The molecule has 0 amide bonds. The molecular formula is C14H18N6O2. The first kappa shape index (κ1) is 14.5. The van der Waals surface area contributed by atoms with Gasteiger partial charge in [0.05, 0.1) is 6.20 Å². The summed E-state index contributed by atoms with van der Waals surface area (Å²) in [7, 11) is 0. The molecule has 0 aliphatic heterocycles. The van der Waals surface area contributed by atoms with Gasteiger partial charge >= 0.3 is 0 Å². The van der Waals surface area contributed by atoms with Gasteiger partial charge in [-0.3, -0.25) is 9.36 Å². The van der Waals surface area contributed by atoms with E-state index in [1.165, 1.54) is 0 Å². The van der Waals surface area contributed by atoms with Gasteiger partial charge in [-0.05, 0) is 32.4 Å². The number of nitrogens with zero attached hydrogens (tertiary/aromatic N) is 6. The first-order valence-corrected chi connectivity index (χ1v) is 7.14. The number of aryl methyl sites for hydroxylation is 4. The summed E-state index contributed by atoms with van der Waals surface area (Å²) in [4.78, 5) is 4.28. The molecule has 22 heavy (non-hydrogen) atoms. The van der Waals surface area contributed by atoms with Crippen molar-refractivity contribution >= 4 is 0 Å². The van der Waals surface area contributed by atoms with Crippen LogP contribution in [-0.4, -0.2) is 34.9 Å². The van der Waals surface area contributed by atoms with Crippen molar-refractivity contribution in [3.63, 3.8) is 0 Å². The van der Waals surface area contributed by atoms with Crippen molar-refractivity contribution in [1.82, 2.24) is 29.8 Å². The fourth-order valence-corrected chi connectivity index (χ4v) is 2.28. The van der Waals surface area contributed by atoms with E-state index in [4.69, 9.17) is 9.52 Å². The molecule has 3 rings (SSSR count). The summed E-state index contributed by atoms with van der Waals surface area (Å²) in [5.41, 5.74) is 0.660. The molecule has 0 bridgehead atoms. The number of aliphatic hydroxyl groups excluding tert-OH is 1. The Bertz CT molecular complexity index is 757. The predicted molar refractivity (Wildman–Crippen MR) is 77.8 cm³/mol. The van der Waals surface area contributed by atoms with Crippen molar-refractivity contribution in [3.8, 4) is 11.5 Å². The fourth-order valence-electron chi connectivity index (χ4n) is 2.28. The van der Waals surface area contributed by atoms with Gasteiger partial charge in [0.1, 0.15) is 29.7 Å². The second kappa shape index (κ2) is 6.10. The number of hydrogen-bond donors (Lipinski definition) is 1. The molecule has 1 N–H and O–H groups in total. The van der Waals surface area contributed by atoms with Gasteiger partial charge in [0.15, 0.2) is 5.76 Å². The summed E-state index contributed by atoms with van der Waals surface area (Å²) in [5, 5.41) is 21.5. The standard InChI is InChI=1S/C14H18N6O2/c1-10-15-11(2)20(17-10)7-3-6-19-8-13(16-18-19)14-5-4-12(9-21)22-14/h4-5,8,21H,3,6-7,9H2,1-2H3. The van der Waals surface area contributed by atoms with Gasteiger partial charge in [-0.2, -0.15) is 5.10 Å². The summed E-state index contributed by atoms with van der Waals surface area (Å²) in [6.07, 6.45) is 2.71. The number of rotatable bonds is 6. The minimum absolute atomic E-state index is 0.120. The van der Waals surface area contributed by atoms with Crippen LogP contribution in [-0.2, 0) is 19.7 Å². The van der Waals surface area contributed by atoms with Crippen molar-refractivity contribution in [1.29, 1.82) is 0 Å². The topological polar surface area (TPSA) is 94.8 Å². The van der Waals surface area contributed by atoms with E-state index < -0.39 is 0 Å². The molecule has 8 nitrogen and oxygen atoms in total. The number of aromatic nitrogens is 6. The van der Waals surface area contributed by atoms with E-state index in [-0.39, 0.29) is 6.61 Å². The first-order valence-electron chi connectivity index (χ1n) is 7.14. The summed E-state index contributed by atoms with van der Waals surface area (Å²) in [6, 6.07) is 3.51. The number of furan rings is 1. The highest BCUT2D eigenvalue weighted by atomic mass is 16.4. The van der Waals surface area contributed by atoms with Crippen LogP contribution in [0.2, 0.25) is 0 Å². The molecule has 0 saturated heterocycles. The van der Waals surface area contributed by atoms with Crippen molar-refractivity contribution in [2.75, 3.05) is 0 Å². The highest BCUT2D eigenvalue weighted by Crippen LogP contribution is 2.19. The SMILES string of the molecule is Cc1nc(C)n(CCCn2cc(-c3ccc(CO)o3)nn2)n1. The van der Waals surface area contributed by atoms with Crippen molar-refractivity contribution in [2.24, 2.45) is 0 Å². The monoisotopic (exact) mass is 302 g/mol. The number of hydrogen-bond acceptors (Lipinski definition) is 6. The van der Waals surface area contributed by atoms with Crippen LogP contribution in [0.4, 0.5) is 0 Å². The van der Waals surface area contributed by atoms with Gasteiger partial charge in [0.25, 0.3) is 0 Å². The van der Waals surface area contributed by atoms with Crippen molar-refractivity contribution in [2.45, 2.75) is 40.0 Å². The lowest BCUT2D eigenvalue weighted by molar-refractivity contribution is 0.248. The minimum atomic E-state index is -0.120. The smallest absolute Gasteiger partial charge is 0.156 e. The van der Waals surface area contributed by atoms with Crippen LogP contribution in [0, 0.1) is 13.8 Å². The molecule has 116 valence electrons. The minimum Gasteiger partial charge on any atom is -0.457 e. The zero-order valence-corrected chi connectivity index (χ0v) is 12.6. The zero-order valence-electron chi connectivity index (χ0n) is 12.6. The maximum absolute atomic E-state index is 9.00. The molecule has 8 heteroatoms. The lowest BCUT2D eigenvalue weighted by Crippen LogP contribution is -2.07. The lowest BCUT2D eigenvalue weighted by Gasteiger charge is -2.02. The summed E-state index contributed by atoms with van der Waals surface area (Å²) in [6.45, 7) is 5.24. The van der Waals surface area contributed by atoms with E-state index in [1.54, 1.807) is 16.8 Å². The predicted octanol–water partition coefficient (Wildman–Crippen LogP) is 1.33. The molecule has 0 aromatic carbocycles. The maximum atomic E-state index is 9.00. The molecule has 3 aromatic rings. The summed E-state index contributed by atoms with van der Waals surface area (Å²) in [5.74, 6) is 2.83. The summed E-state index contributed by atoms with van der Waals surface area (Å²) < 4.78 is 9.11. The molecule has 0 radical (unpaired) electrons. The lowest BCUT2D eigenvalue weighted by atomic mass is 10.3. The quantitative estimate of drug-likeness (QED) is 0.738. The molecule has 3 aromatic heterocycles. The third-order valence-electron chi connectivity index (χ3n) is 3.33. The van der Waals surface area contributed by atoms with E-state index in [2.05, 4.69) is 20.4 Å². The Morgan fingerprint density at radius 1 is 1.23 bits per heavy atom. The average Bonchev–Trinajstić information content (AvgIpc) is 3.19. The van der Waals surface area contributed by atoms with Crippen molar-refractivity contribution in [3.05, 3.63) is 35.7 Å². The maximum Gasteiger partial charge on any atom is 0.156 e. The molecule has 0 aliphatic rings. The largest absolute Gasteiger partial charge is 0.457 e. The molecule has 0 fully saturated rings. The number of aliphatic hydroxyl groups is 1. The second-order valence-corrected chi connectivity index (χ2v) is 5.07. The Hall–Kier alpha value is -2.48. The zero-order chi connectivity index (χ0) is 15.5. The average molecular weight is 302 g/mol. The summed E-state index contributed by atoms with van der Waals surface area (Å²) >= 11 is 0. The van der Waals surface area contributed by atoms with Gasteiger partial charge in [-0.1, -0.05) is 5.21 Å².